The average molecular weight is 312 g/mol. The minimum atomic E-state index is -0.0580. The molecule has 2 aliphatic rings. The van der Waals surface area contributed by atoms with Crippen molar-refractivity contribution >= 4 is 11.8 Å². The van der Waals surface area contributed by atoms with E-state index in [-0.39, 0.29) is 6.10 Å². The van der Waals surface area contributed by atoms with Crippen LogP contribution in [0.2, 0.25) is 0 Å². The smallest absolute Gasteiger partial charge is 0.232 e. The topological polar surface area (TPSA) is 63.4 Å². The first-order valence-electron chi connectivity index (χ1n) is 7.72. The Bertz CT molecular complexity index is 456. The molecule has 0 radical (unpaired) electrons. The Balaban J connectivity index is 1.66. The van der Waals surface area contributed by atoms with Crippen LogP contribution in [0.1, 0.15) is 37.1 Å². The van der Waals surface area contributed by atoms with Crippen molar-refractivity contribution in [1.29, 1.82) is 0 Å². The van der Waals surface area contributed by atoms with E-state index in [1.54, 1.807) is 0 Å². The van der Waals surface area contributed by atoms with E-state index in [1.807, 2.05) is 11.8 Å². The molecule has 3 rings (SSSR count). The highest BCUT2D eigenvalue weighted by atomic mass is 32.2. The van der Waals surface area contributed by atoms with Crippen LogP contribution < -0.4 is 5.32 Å². The molecule has 0 aliphatic carbocycles. The summed E-state index contributed by atoms with van der Waals surface area (Å²) in [5.74, 6) is 3.95. The Morgan fingerprint density at radius 1 is 1.43 bits per heavy atom. The number of likely N-dealkylation sites (N-methyl/N-ethyl adjacent to an activating group) is 1. The molecule has 2 fully saturated rings. The largest absolute Gasteiger partial charge is 0.367 e. The second kappa shape index (κ2) is 7.09. The molecule has 118 valence electrons. The SMILES string of the molecule is CCCNC1CSCC1c1nc(C2CN(C)CCO2)no1. The number of hydrogen-bond donors (Lipinski definition) is 1. The predicted octanol–water partition coefficient (Wildman–Crippen LogP) is 1.27. The van der Waals surface area contributed by atoms with Gasteiger partial charge in [0, 0.05) is 30.6 Å². The fourth-order valence-electron chi connectivity index (χ4n) is 2.79. The first-order chi connectivity index (χ1) is 10.3. The third kappa shape index (κ3) is 3.59. The summed E-state index contributed by atoms with van der Waals surface area (Å²) in [5.41, 5.74) is 0. The van der Waals surface area contributed by atoms with Crippen molar-refractivity contribution in [2.75, 3.05) is 44.8 Å². The minimum absolute atomic E-state index is 0.0580. The van der Waals surface area contributed by atoms with Gasteiger partial charge in [-0.05, 0) is 20.0 Å². The molecule has 21 heavy (non-hydrogen) atoms. The number of rotatable bonds is 5. The molecule has 3 unspecified atom stereocenters. The van der Waals surface area contributed by atoms with E-state index in [9.17, 15) is 0 Å². The monoisotopic (exact) mass is 312 g/mol. The lowest BCUT2D eigenvalue weighted by Gasteiger charge is -2.27. The molecular weight excluding hydrogens is 288 g/mol. The molecule has 2 saturated heterocycles. The molecule has 0 aromatic carbocycles. The third-order valence-corrected chi connectivity index (χ3v) is 5.26. The minimum Gasteiger partial charge on any atom is -0.367 e. The highest BCUT2D eigenvalue weighted by Gasteiger charge is 2.34. The van der Waals surface area contributed by atoms with Gasteiger partial charge in [-0.15, -0.1) is 0 Å². The van der Waals surface area contributed by atoms with Crippen LogP contribution in [0.3, 0.4) is 0 Å². The van der Waals surface area contributed by atoms with E-state index in [2.05, 4.69) is 34.3 Å². The van der Waals surface area contributed by atoms with Gasteiger partial charge < -0.3 is 19.5 Å². The quantitative estimate of drug-likeness (QED) is 0.878. The second-order valence-corrected chi connectivity index (χ2v) is 6.89. The Labute approximate surface area is 130 Å². The zero-order valence-corrected chi connectivity index (χ0v) is 13.6. The van der Waals surface area contributed by atoms with Crippen molar-refractivity contribution in [2.45, 2.75) is 31.4 Å². The standard InChI is InChI=1S/C14H24N4O2S/c1-3-4-15-11-9-21-8-10(11)14-16-13(17-20-14)12-7-18(2)5-6-19-12/h10-12,15H,3-9H2,1-2H3. The maximum absolute atomic E-state index is 5.75. The second-order valence-electron chi connectivity index (χ2n) is 5.82. The van der Waals surface area contributed by atoms with Crippen molar-refractivity contribution in [3.8, 4) is 0 Å². The Morgan fingerprint density at radius 2 is 2.33 bits per heavy atom. The molecule has 3 heterocycles. The van der Waals surface area contributed by atoms with Crippen molar-refractivity contribution in [1.82, 2.24) is 20.4 Å². The highest BCUT2D eigenvalue weighted by Crippen LogP contribution is 2.33. The van der Waals surface area contributed by atoms with E-state index < -0.39 is 0 Å². The molecule has 0 spiro atoms. The number of thioether (sulfide) groups is 1. The number of nitrogens with zero attached hydrogens (tertiary/aromatic N) is 3. The number of ether oxygens (including phenoxy) is 1. The summed E-state index contributed by atoms with van der Waals surface area (Å²) in [6.45, 7) is 5.75. The maximum atomic E-state index is 5.75. The van der Waals surface area contributed by atoms with Gasteiger partial charge in [-0.25, -0.2) is 0 Å². The Morgan fingerprint density at radius 3 is 3.14 bits per heavy atom. The molecule has 0 saturated carbocycles. The summed E-state index contributed by atoms with van der Waals surface area (Å²) in [6, 6.07) is 0.443. The summed E-state index contributed by atoms with van der Waals surface area (Å²) >= 11 is 1.95. The maximum Gasteiger partial charge on any atom is 0.232 e. The van der Waals surface area contributed by atoms with Gasteiger partial charge in [0.1, 0.15) is 6.10 Å². The van der Waals surface area contributed by atoms with Crippen LogP contribution in [0, 0.1) is 0 Å². The van der Waals surface area contributed by atoms with Crippen LogP contribution >= 0.6 is 11.8 Å². The van der Waals surface area contributed by atoms with Gasteiger partial charge in [0.05, 0.1) is 12.5 Å². The van der Waals surface area contributed by atoms with E-state index in [4.69, 9.17) is 9.26 Å². The van der Waals surface area contributed by atoms with Gasteiger partial charge in [0.25, 0.3) is 0 Å². The van der Waals surface area contributed by atoms with Crippen LogP contribution in [-0.2, 0) is 4.74 Å². The van der Waals surface area contributed by atoms with Crippen molar-refractivity contribution < 1.29 is 9.26 Å². The molecule has 3 atom stereocenters. The Kier molecular flexibility index (Phi) is 5.15. The van der Waals surface area contributed by atoms with E-state index in [1.165, 1.54) is 0 Å². The van der Waals surface area contributed by atoms with Crippen LogP contribution in [-0.4, -0.2) is 65.9 Å². The molecular formula is C14H24N4O2S. The Hall–Kier alpha value is -0.630. The zero-order chi connectivity index (χ0) is 14.7. The van der Waals surface area contributed by atoms with Crippen LogP contribution in [0.25, 0.3) is 0 Å². The lowest BCUT2D eigenvalue weighted by Crippen LogP contribution is -2.36. The highest BCUT2D eigenvalue weighted by molar-refractivity contribution is 7.99. The van der Waals surface area contributed by atoms with Crippen LogP contribution in [0.15, 0.2) is 4.52 Å². The summed E-state index contributed by atoms with van der Waals surface area (Å²) < 4.78 is 11.3. The number of nitrogens with one attached hydrogen (secondary N) is 1. The van der Waals surface area contributed by atoms with Gasteiger partial charge in [0.2, 0.25) is 11.7 Å². The molecule has 2 aliphatic heterocycles. The van der Waals surface area contributed by atoms with Crippen LogP contribution in [0.5, 0.6) is 0 Å². The van der Waals surface area contributed by atoms with Gasteiger partial charge in [0.15, 0.2) is 0 Å². The number of aromatic nitrogens is 2. The molecule has 0 bridgehead atoms. The van der Waals surface area contributed by atoms with Gasteiger partial charge in [-0.2, -0.15) is 16.7 Å². The van der Waals surface area contributed by atoms with E-state index >= 15 is 0 Å². The predicted molar refractivity (Wildman–Crippen MR) is 82.6 cm³/mol. The molecule has 1 N–H and O–H groups in total. The van der Waals surface area contributed by atoms with E-state index in [0.29, 0.717) is 17.8 Å². The molecule has 1 aromatic heterocycles. The normalized spacial score (nSPS) is 30.9. The lowest BCUT2D eigenvalue weighted by atomic mass is 10.0. The zero-order valence-electron chi connectivity index (χ0n) is 12.7. The van der Waals surface area contributed by atoms with Gasteiger partial charge in [-0.1, -0.05) is 12.1 Å². The summed E-state index contributed by atoms with van der Waals surface area (Å²) in [6.07, 6.45) is 1.09. The lowest BCUT2D eigenvalue weighted by molar-refractivity contribution is -0.0264. The molecule has 6 nitrogen and oxygen atoms in total. The molecule has 1 aromatic rings. The van der Waals surface area contributed by atoms with Crippen molar-refractivity contribution in [3.63, 3.8) is 0 Å². The van der Waals surface area contributed by atoms with Gasteiger partial charge in [-0.3, -0.25) is 0 Å². The first-order valence-corrected chi connectivity index (χ1v) is 8.88. The summed E-state index contributed by atoms with van der Waals surface area (Å²) in [4.78, 5) is 6.86. The number of hydrogen-bond acceptors (Lipinski definition) is 7. The summed E-state index contributed by atoms with van der Waals surface area (Å²) in [7, 11) is 2.09. The average Bonchev–Trinajstić information content (AvgIpc) is 3.13. The fraction of sp³-hybridized carbons (Fsp3) is 0.857. The first kappa shape index (κ1) is 15.3. The number of morpholine rings is 1. The van der Waals surface area contributed by atoms with E-state index in [0.717, 1.165) is 50.1 Å². The van der Waals surface area contributed by atoms with Crippen molar-refractivity contribution in [3.05, 3.63) is 11.7 Å². The fourth-order valence-corrected chi connectivity index (χ4v) is 4.16. The van der Waals surface area contributed by atoms with Crippen molar-refractivity contribution in [2.24, 2.45) is 0 Å². The van der Waals surface area contributed by atoms with Gasteiger partial charge >= 0.3 is 0 Å². The third-order valence-electron chi connectivity index (χ3n) is 4.07. The molecule has 0 amide bonds. The summed E-state index contributed by atoms with van der Waals surface area (Å²) in [5, 5.41) is 7.75. The van der Waals surface area contributed by atoms with Crippen LogP contribution in [0.4, 0.5) is 0 Å². The molecule has 7 heteroatoms.